The Hall–Kier alpha value is -1.97. The summed E-state index contributed by atoms with van der Waals surface area (Å²) in [5.41, 5.74) is 4.23. The number of allylic oxidation sites excluding steroid dienone is 1. The van der Waals surface area contributed by atoms with E-state index in [4.69, 9.17) is 0 Å². The summed E-state index contributed by atoms with van der Waals surface area (Å²) < 4.78 is 0. The number of benzene rings is 2. The topological polar surface area (TPSA) is 52.5 Å². The second kappa shape index (κ2) is 6.86. The molecule has 0 aliphatic heterocycles. The molecule has 3 N–H and O–H groups in total. The summed E-state index contributed by atoms with van der Waals surface area (Å²) in [5.74, 6) is 0.177. The van der Waals surface area contributed by atoms with Gasteiger partial charge in [0.1, 0.15) is 0 Å². The first-order chi connectivity index (χ1) is 10.2. The zero-order valence-electron chi connectivity index (χ0n) is 12.4. The molecule has 0 fully saturated rings. The third kappa shape index (κ3) is 2.96. The minimum atomic E-state index is -0.0498. The summed E-state index contributed by atoms with van der Waals surface area (Å²) >= 11 is 0. The maximum atomic E-state index is 10.2. The molecule has 0 saturated carbocycles. The van der Waals surface area contributed by atoms with Gasteiger partial charge in [0.15, 0.2) is 11.5 Å². The Morgan fingerprint density at radius 1 is 1.09 bits per heavy atom. The molecule has 2 aromatic carbocycles. The lowest BCUT2D eigenvalue weighted by Gasteiger charge is -2.25. The number of fused-ring (bicyclic) bond motifs is 1. The van der Waals surface area contributed by atoms with Crippen molar-refractivity contribution in [2.24, 2.45) is 0 Å². The molecule has 0 amide bonds. The predicted octanol–water partition coefficient (Wildman–Crippen LogP) is 3.46. The van der Waals surface area contributed by atoms with E-state index in [1.165, 1.54) is 5.56 Å². The Balaban J connectivity index is 0.00000176. The van der Waals surface area contributed by atoms with E-state index >= 15 is 0 Å². The van der Waals surface area contributed by atoms with Crippen LogP contribution in [0.5, 0.6) is 11.5 Å². The molecule has 0 aromatic heterocycles. The van der Waals surface area contributed by atoms with Crippen LogP contribution in [0.4, 0.5) is 0 Å². The largest absolute Gasteiger partial charge is 0.504 e. The smallest absolute Gasteiger partial charge is 0.161 e. The van der Waals surface area contributed by atoms with E-state index in [9.17, 15) is 10.2 Å². The molecular weight excluding hydrogens is 298 g/mol. The lowest BCUT2D eigenvalue weighted by atomic mass is 9.80. The number of nitrogens with one attached hydrogen (secondary N) is 1. The second-order valence-electron chi connectivity index (χ2n) is 5.40. The van der Waals surface area contributed by atoms with Gasteiger partial charge >= 0.3 is 0 Å². The van der Waals surface area contributed by atoms with E-state index in [1.54, 1.807) is 6.07 Å². The van der Waals surface area contributed by atoms with Crippen LogP contribution in [-0.2, 0) is 6.42 Å². The van der Waals surface area contributed by atoms with E-state index in [0.29, 0.717) is 6.42 Å². The van der Waals surface area contributed by atoms with Gasteiger partial charge in [0.05, 0.1) is 0 Å². The third-order valence-corrected chi connectivity index (χ3v) is 4.03. The number of hydrogen-bond acceptors (Lipinski definition) is 3. The maximum absolute atomic E-state index is 10.2. The fourth-order valence-electron chi connectivity index (χ4n) is 3.00. The minimum absolute atomic E-state index is 0. The Kier molecular flexibility index (Phi) is 5.11. The molecule has 22 heavy (non-hydrogen) atoms. The summed E-state index contributed by atoms with van der Waals surface area (Å²) in [5, 5.41) is 23.1. The third-order valence-electron chi connectivity index (χ3n) is 4.03. The normalized spacial score (nSPS) is 16.4. The van der Waals surface area contributed by atoms with Crippen molar-refractivity contribution in [3.63, 3.8) is 0 Å². The highest BCUT2D eigenvalue weighted by Crippen LogP contribution is 2.41. The van der Waals surface area contributed by atoms with Crippen molar-refractivity contribution < 1.29 is 10.2 Å². The Morgan fingerprint density at radius 3 is 2.50 bits per heavy atom. The van der Waals surface area contributed by atoms with Gasteiger partial charge < -0.3 is 15.5 Å². The number of hydrogen-bond donors (Lipinski definition) is 3. The molecule has 1 aliphatic carbocycles. The molecule has 2 aromatic rings. The van der Waals surface area contributed by atoms with E-state index in [0.717, 1.165) is 23.2 Å². The van der Waals surface area contributed by atoms with Crippen molar-refractivity contribution in [2.45, 2.75) is 12.3 Å². The molecule has 1 unspecified atom stereocenters. The van der Waals surface area contributed by atoms with Crippen LogP contribution in [0.3, 0.4) is 0 Å². The summed E-state index contributed by atoms with van der Waals surface area (Å²) in [6.07, 6.45) is 2.96. The van der Waals surface area contributed by atoms with Crippen molar-refractivity contribution in [1.29, 1.82) is 0 Å². The van der Waals surface area contributed by atoms with Crippen LogP contribution < -0.4 is 5.32 Å². The first-order valence-corrected chi connectivity index (χ1v) is 7.15. The number of phenolic OH excluding ortho intramolecular Hbond substituents is 2. The highest BCUT2D eigenvalue weighted by atomic mass is 35.5. The predicted molar refractivity (Wildman–Crippen MR) is 91.8 cm³/mol. The molecule has 116 valence electrons. The van der Waals surface area contributed by atoms with Crippen LogP contribution in [0.1, 0.15) is 22.6 Å². The van der Waals surface area contributed by atoms with E-state index in [-0.39, 0.29) is 29.8 Å². The highest BCUT2D eigenvalue weighted by Gasteiger charge is 2.24. The van der Waals surface area contributed by atoms with Crippen molar-refractivity contribution in [1.82, 2.24) is 5.32 Å². The Bertz CT molecular complexity index is 683. The zero-order valence-corrected chi connectivity index (χ0v) is 13.2. The van der Waals surface area contributed by atoms with Gasteiger partial charge in [0.25, 0.3) is 0 Å². The van der Waals surface area contributed by atoms with Crippen LogP contribution in [-0.4, -0.2) is 23.8 Å². The summed E-state index contributed by atoms with van der Waals surface area (Å²) in [7, 11) is 1.91. The molecule has 0 radical (unpaired) electrons. The molecular formula is C18H20ClNO2. The average molecular weight is 318 g/mol. The molecule has 0 heterocycles. The van der Waals surface area contributed by atoms with Gasteiger partial charge in [-0.1, -0.05) is 42.5 Å². The van der Waals surface area contributed by atoms with Crippen molar-refractivity contribution >= 4 is 18.0 Å². The second-order valence-corrected chi connectivity index (χ2v) is 5.40. The summed E-state index contributed by atoms with van der Waals surface area (Å²) in [4.78, 5) is 0. The monoisotopic (exact) mass is 317 g/mol. The number of phenols is 2. The molecule has 0 saturated heterocycles. The summed E-state index contributed by atoms with van der Waals surface area (Å²) in [6, 6.07) is 13.7. The molecule has 0 spiro atoms. The highest BCUT2D eigenvalue weighted by molar-refractivity contribution is 5.85. The van der Waals surface area contributed by atoms with Gasteiger partial charge in [-0.05, 0) is 36.2 Å². The summed E-state index contributed by atoms with van der Waals surface area (Å²) in [6.45, 7) is 0.737. The SMILES string of the molecule is CNCC1=CC(c2ccccc2)Cc2c1ccc(O)c2O.Cl. The van der Waals surface area contributed by atoms with E-state index in [2.05, 4.69) is 23.5 Å². The fourth-order valence-corrected chi connectivity index (χ4v) is 3.00. The van der Waals surface area contributed by atoms with Crippen LogP contribution in [0, 0.1) is 0 Å². The zero-order chi connectivity index (χ0) is 14.8. The molecule has 1 aliphatic rings. The van der Waals surface area contributed by atoms with Crippen LogP contribution >= 0.6 is 12.4 Å². The van der Waals surface area contributed by atoms with Gasteiger partial charge in [-0.25, -0.2) is 0 Å². The maximum Gasteiger partial charge on any atom is 0.161 e. The Morgan fingerprint density at radius 2 is 1.82 bits per heavy atom. The fraction of sp³-hybridized carbons (Fsp3) is 0.222. The van der Waals surface area contributed by atoms with Crippen LogP contribution in [0.15, 0.2) is 48.5 Å². The standard InChI is InChI=1S/C18H19NO2.ClH/c1-19-11-14-9-13(12-5-3-2-4-6-12)10-16-15(14)7-8-17(20)18(16)21;/h2-9,13,19-21H,10-11H2,1H3;1H. The molecule has 4 heteroatoms. The van der Waals surface area contributed by atoms with Crippen molar-refractivity contribution in [3.05, 3.63) is 65.2 Å². The first kappa shape index (κ1) is 16.4. The molecule has 3 rings (SSSR count). The molecule has 0 bridgehead atoms. The van der Waals surface area contributed by atoms with E-state index in [1.807, 2.05) is 31.3 Å². The molecule has 3 nitrogen and oxygen atoms in total. The molecule has 1 atom stereocenters. The van der Waals surface area contributed by atoms with Crippen molar-refractivity contribution in [3.8, 4) is 11.5 Å². The van der Waals surface area contributed by atoms with E-state index < -0.39 is 0 Å². The van der Waals surface area contributed by atoms with Gasteiger partial charge in [-0.3, -0.25) is 0 Å². The van der Waals surface area contributed by atoms with Gasteiger partial charge in [0.2, 0.25) is 0 Å². The quantitative estimate of drug-likeness (QED) is 0.760. The Labute approximate surface area is 136 Å². The lowest BCUT2D eigenvalue weighted by Crippen LogP contribution is -2.16. The number of aromatic hydroxyl groups is 2. The first-order valence-electron chi connectivity index (χ1n) is 7.15. The average Bonchev–Trinajstić information content (AvgIpc) is 2.52. The number of halogens is 1. The minimum Gasteiger partial charge on any atom is -0.504 e. The van der Waals surface area contributed by atoms with Gasteiger partial charge in [0, 0.05) is 18.0 Å². The van der Waals surface area contributed by atoms with Gasteiger partial charge in [-0.2, -0.15) is 0 Å². The van der Waals surface area contributed by atoms with Gasteiger partial charge in [-0.15, -0.1) is 12.4 Å². The number of likely N-dealkylation sites (N-methyl/N-ethyl adjacent to an activating group) is 1. The number of rotatable bonds is 3. The van der Waals surface area contributed by atoms with Crippen LogP contribution in [0.25, 0.3) is 5.57 Å². The lowest BCUT2D eigenvalue weighted by molar-refractivity contribution is 0.398. The van der Waals surface area contributed by atoms with Crippen molar-refractivity contribution in [2.75, 3.05) is 13.6 Å². The van der Waals surface area contributed by atoms with Crippen LogP contribution in [0.2, 0.25) is 0 Å².